The smallest absolute Gasteiger partial charge is 0.350 e. The van der Waals surface area contributed by atoms with Crippen LogP contribution in [-0.2, 0) is 20.9 Å². The van der Waals surface area contributed by atoms with Crippen LogP contribution in [0.3, 0.4) is 0 Å². The Bertz CT molecular complexity index is 1410. The highest BCUT2D eigenvalue weighted by atomic mass is 32.2. The summed E-state index contributed by atoms with van der Waals surface area (Å²) in [5.41, 5.74) is 3.07. The van der Waals surface area contributed by atoms with Crippen LogP contribution in [0.5, 0.6) is 5.75 Å². The number of carbonyl (C=O) groups excluding carboxylic acids is 4. The summed E-state index contributed by atoms with van der Waals surface area (Å²) in [6.07, 6.45) is 3.63. The third-order valence-electron chi connectivity index (χ3n) is 4.45. The van der Waals surface area contributed by atoms with Crippen molar-refractivity contribution in [3.63, 3.8) is 0 Å². The zero-order valence-corrected chi connectivity index (χ0v) is 18.6. The molecule has 1 aliphatic rings. The highest BCUT2D eigenvalue weighted by molar-refractivity contribution is 8.18. The summed E-state index contributed by atoms with van der Waals surface area (Å²) in [5, 5.41) is 9.26. The molecule has 2 heterocycles. The van der Waals surface area contributed by atoms with Crippen LogP contribution in [0.15, 0.2) is 81.8 Å². The molecule has 0 saturated carbocycles. The molecule has 3 amide bonds. The molecule has 13 heteroatoms. The minimum Gasteiger partial charge on any atom is -0.423 e. The number of carbonyl (C=O) groups is 4. The van der Waals surface area contributed by atoms with Gasteiger partial charge in [0.1, 0.15) is 18.6 Å². The van der Waals surface area contributed by atoms with Crippen LogP contribution in [-0.4, -0.2) is 43.6 Å². The number of thioether (sulfide) groups is 1. The Labute approximate surface area is 201 Å². The van der Waals surface area contributed by atoms with Gasteiger partial charge < -0.3 is 4.74 Å². The third-order valence-corrected chi connectivity index (χ3v) is 5.26. The van der Waals surface area contributed by atoms with Gasteiger partial charge in [-0.3, -0.25) is 19.7 Å². The second kappa shape index (κ2) is 10.4. The second-order valence-corrected chi connectivity index (χ2v) is 7.93. The van der Waals surface area contributed by atoms with Gasteiger partial charge in [0.05, 0.1) is 16.8 Å². The Morgan fingerprint density at radius 1 is 1.09 bits per heavy atom. The summed E-state index contributed by atoms with van der Waals surface area (Å²) in [6, 6.07) is 15.0. The highest BCUT2D eigenvalue weighted by Crippen LogP contribution is 2.23. The molecule has 0 spiro atoms. The predicted octanol–water partition coefficient (Wildman–Crippen LogP) is 0.957. The maximum absolute atomic E-state index is 12.4. The lowest BCUT2D eigenvalue weighted by Gasteiger charge is -2.02. The lowest BCUT2D eigenvalue weighted by molar-refractivity contribution is -0.129. The summed E-state index contributed by atoms with van der Waals surface area (Å²) in [7, 11) is 0. The summed E-state index contributed by atoms with van der Waals surface area (Å²) >= 11 is 0.612. The molecule has 0 atom stereocenters. The zero-order valence-electron chi connectivity index (χ0n) is 17.8. The molecule has 4 rings (SSSR count). The number of esters is 1. The number of nitrogens with one attached hydrogen (secondary N) is 2. The van der Waals surface area contributed by atoms with Crippen LogP contribution in [0.1, 0.15) is 5.56 Å². The molecular formula is C22H16N6O6S. The molecule has 3 aromatic rings. The van der Waals surface area contributed by atoms with Gasteiger partial charge >= 0.3 is 11.7 Å². The van der Waals surface area contributed by atoms with Crippen LogP contribution < -0.4 is 21.2 Å². The number of hydrogen-bond acceptors (Lipinski definition) is 9. The average Bonchev–Trinajstić information content (AvgIpc) is 3.35. The summed E-state index contributed by atoms with van der Waals surface area (Å²) in [6.45, 7) is -0.317. The van der Waals surface area contributed by atoms with E-state index < -0.39 is 28.7 Å². The summed E-state index contributed by atoms with van der Waals surface area (Å²) in [5.74, 6) is -1.81. The average molecular weight is 492 g/mol. The van der Waals surface area contributed by atoms with Gasteiger partial charge in [0.15, 0.2) is 0 Å². The van der Waals surface area contributed by atoms with Gasteiger partial charge in [-0.25, -0.2) is 24.3 Å². The first-order valence-corrected chi connectivity index (χ1v) is 10.8. The second-order valence-electron chi connectivity index (χ2n) is 6.91. The highest BCUT2D eigenvalue weighted by Gasteiger charge is 2.26. The molecule has 176 valence electrons. The molecule has 0 radical (unpaired) electrons. The van der Waals surface area contributed by atoms with Crippen molar-refractivity contribution >= 4 is 41.0 Å². The fourth-order valence-electron chi connectivity index (χ4n) is 2.86. The van der Waals surface area contributed by atoms with Crippen LogP contribution in [0.2, 0.25) is 0 Å². The number of nitrogens with zero attached hydrogens (tertiary/aromatic N) is 4. The van der Waals surface area contributed by atoms with Gasteiger partial charge in [-0.1, -0.05) is 18.2 Å². The maximum atomic E-state index is 12.4. The normalized spacial score (nSPS) is 14.3. The lowest BCUT2D eigenvalue weighted by Crippen LogP contribution is -2.31. The van der Waals surface area contributed by atoms with Gasteiger partial charge in [0.2, 0.25) is 0 Å². The van der Waals surface area contributed by atoms with E-state index in [9.17, 15) is 24.0 Å². The number of ether oxygens (including phenoxy) is 1. The van der Waals surface area contributed by atoms with Crippen molar-refractivity contribution in [2.75, 3.05) is 0 Å². The number of hydrogen-bond donors (Lipinski definition) is 2. The van der Waals surface area contributed by atoms with E-state index in [4.69, 9.17) is 4.74 Å². The molecule has 12 nitrogen and oxygen atoms in total. The minimum atomic E-state index is -0.809. The van der Waals surface area contributed by atoms with Crippen LogP contribution in [0, 0.1) is 0 Å². The standard InChI is InChI=1S/C22H16N6O6S/c29-18(12-28-22(33)27(13-24-28)15-4-2-1-3-5-15)26-23-11-14-6-8-16(9-7-14)34-19(30)10-17-20(31)25-21(32)35-17/h1-11,13H,12H2,(H,26,29)(H,25,31,32). The minimum absolute atomic E-state index is 0.0476. The Balaban J connectivity index is 1.29. The van der Waals surface area contributed by atoms with E-state index in [-0.39, 0.29) is 17.2 Å². The third kappa shape index (κ3) is 5.97. The monoisotopic (exact) mass is 492 g/mol. The molecule has 1 aromatic heterocycles. The molecule has 1 fully saturated rings. The number of amides is 3. The fourth-order valence-corrected chi connectivity index (χ4v) is 3.50. The molecular weight excluding hydrogens is 476 g/mol. The van der Waals surface area contributed by atoms with E-state index in [0.717, 1.165) is 10.8 Å². The molecule has 0 bridgehead atoms. The van der Waals surface area contributed by atoms with E-state index >= 15 is 0 Å². The van der Waals surface area contributed by atoms with E-state index in [1.54, 1.807) is 36.4 Å². The first kappa shape index (κ1) is 23.4. The van der Waals surface area contributed by atoms with Gasteiger partial charge in [-0.15, -0.1) is 0 Å². The van der Waals surface area contributed by atoms with Crippen molar-refractivity contribution in [3.05, 3.63) is 88.0 Å². The van der Waals surface area contributed by atoms with Crippen molar-refractivity contribution in [1.29, 1.82) is 0 Å². The Morgan fingerprint density at radius 3 is 2.51 bits per heavy atom. The van der Waals surface area contributed by atoms with Gasteiger partial charge in [0.25, 0.3) is 17.1 Å². The van der Waals surface area contributed by atoms with Crippen LogP contribution >= 0.6 is 11.8 Å². The number of hydrazone groups is 1. The number of aromatic nitrogens is 3. The Kier molecular flexibility index (Phi) is 6.97. The molecule has 2 aromatic carbocycles. The van der Waals surface area contributed by atoms with Crippen molar-refractivity contribution in [2.24, 2.45) is 5.10 Å². The summed E-state index contributed by atoms with van der Waals surface area (Å²) in [4.78, 5) is 58.9. The predicted molar refractivity (Wildman–Crippen MR) is 125 cm³/mol. The van der Waals surface area contributed by atoms with E-state index in [0.29, 0.717) is 23.0 Å². The van der Waals surface area contributed by atoms with Gasteiger partial charge in [0, 0.05) is 6.08 Å². The fraction of sp³-hybridized carbons (Fsp3) is 0.0455. The lowest BCUT2D eigenvalue weighted by atomic mass is 10.2. The SMILES string of the molecule is O=C(Cn1ncn(-c2ccccc2)c1=O)NN=Cc1ccc(OC(=O)C=C2SC(=O)NC2=O)cc1. The quantitative estimate of drug-likeness (QED) is 0.163. The number of rotatable bonds is 7. The molecule has 1 saturated heterocycles. The zero-order chi connectivity index (χ0) is 24.8. The van der Waals surface area contributed by atoms with Crippen molar-refractivity contribution in [3.8, 4) is 11.4 Å². The van der Waals surface area contributed by atoms with E-state index in [1.165, 1.54) is 29.2 Å². The first-order valence-electron chi connectivity index (χ1n) is 9.97. The van der Waals surface area contributed by atoms with Crippen molar-refractivity contribution < 1.29 is 23.9 Å². The van der Waals surface area contributed by atoms with Crippen molar-refractivity contribution in [2.45, 2.75) is 6.54 Å². The Hall–Kier alpha value is -4.78. The largest absolute Gasteiger partial charge is 0.423 e. The molecule has 35 heavy (non-hydrogen) atoms. The maximum Gasteiger partial charge on any atom is 0.350 e. The first-order chi connectivity index (χ1) is 16.9. The number of benzene rings is 2. The molecule has 1 aliphatic heterocycles. The van der Waals surface area contributed by atoms with Crippen molar-refractivity contribution in [1.82, 2.24) is 25.1 Å². The van der Waals surface area contributed by atoms with E-state index in [1.807, 2.05) is 11.4 Å². The number of para-hydroxylation sites is 1. The summed E-state index contributed by atoms with van der Waals surface area (Å²) < 4.78 is 7.43. The topological polar surface area (TPSA) is 154 Å². The molecule has 2 N–H and O–H groups in total. The van der Waals surface area contributed by atoms with Gasteiger partial charge in [-0.05, 0) is 53.7 Å². The van der Waals surface area contributed by atoms with Crippen LogP contribution in [0.4, 0.5) is 4.79 Å². The Morgan fingerprint density at radius 2 is 1.83 bits per heavy atom. The molecule has 0 aliphatic carbocycles. The van der Waals surface area contributed by atoms with E-state index in [2.05, 4.69) is 15.6 Å². The number of imide groups is 1. The van der Waals surface area contributed by atoms with Crippen LogP contribution in [0.25, 0.3) is 5.69 Å². The van der Waals surface area contributed by atoms with Gasteiger partial charge in [-0.2, -0.15) is 10.2 Å². The molecule has 0 unspecified atom stereocenters.